The summed E-state index contributed by atoms with van der Waals surface area (Å²) in [6, 6.07) is 8.71. The molecule has 0 unspecified atom stereocenters. The minimum Gasteiger partial charge on any atom is -0.385 e. The molecule has 2 aliphatic heterocycles. The number of Topliss-reactive ketones (excluding diaryl/α,β-unsaturated/α-hetero) is 1. The Morgan fingerprint density at radius 2 is 1.82 bits per heavy atom. The predicted octanol–water partition coefficient (Wildman–Crippen LogP) is 4.48. The highest BCUT2D eigenvalue weighted by Gasteiger charge is 2.26. The zero-order valence-corrected chi connectivity index (χ0v) is 22.8. The third-order valence-corrected chi connectivity index (χ3v) is 7.97. The van der Waals surface area contributed by atoms with Crippen molar-refractivity contribution in [1.82, 2.24) is 14.7 Å². The van der Waals surface area contributed by atoms with Gasteiger partial charge in [0.05, 0.1) is 24.3 Å². The van der Waals surface area contributed by atoms with Crippen molar-refractivity contribution in [2.24, 2.45) is 5.92 Å². The monoisotopic (exact) mass is 536 g/mol. The molecule has 0 radical (unpaired) electrons. The van der Waals surface area contributed by atoms with Crippen LogP contribution in [0.25, 0.3) is 10.9 Å². The van der Waals surface area contributed by atoms with Crippen LogP contribution < -0.4 is 4.90 Å². The van der Waals surface area contributed by atoms with E-state index in [1.165, 1.54) is 6.07 Å². The van der Waals surface area contributed by atoms with Gasteiger partial charge in [-0.05, 0) is 68.0 Å². The third kappa shape index (κ3) is 6.15. The van der Waals surface area contributed by atoms with Gasteiger partial charge in [-0.2, -0.15) is 5.10 Å². The number of fused-ring (bicyclic) bond motifs is 1. The highest BCUT2D eigenvalue weighted by atomic mass is 19.1. The van der Waals surface area contributed by atoms with Crippen LogP contribution in [0.3, 0.4) is 0 Å². The Kier molecular flexibility index (Phi) is 8.57. The van der Waals surface area contributed by atoms with Crippen molar-refractivity contribution in [2.45, 2.75) is 39.2 Å². The molecule has 1 aromatic heterocycles. The average molecular weight is 537 g/mol. The van der Waals surface area contributed by atoms with Crippen LogP contribution >= 0.6 is 0 Å². The molecule has 8 nitrogen and oxygen atoms in total. The molecule has 0 atom stereocenters. The van der Waals surface area contributed by atoms with E-state index in [0.717, 1.165) is 60.2 Å². The molecule has 0 aliphatic carbocycles. The number of ether oxygens (including phenoxy) is 2. The van der Waals surface area contributed by atoms with Gasteiger partial charge in [0.25, 0.3) is 5.91 Å². The Labute approximate surface area is 228 Å². The lowest BCUT2D eigenvalue weighted by molar-refractivity contribution is 0.0676. The number of methoxy groups -OCH3 is 1. The Balaban J connectivity index is 1.18. The van der Waals surface area contributed by atoms with Crippen LogP contribution in [-0.2, 0) is 16.0 Å². The van der Waals surface area contributed by atoms with E-state index in [1.54, 1.807) is 18.1 Å². The van der Waals surface area contributed by atoms with E-state index in [0.29, 0.717) is 51.7 Å². The summed E-state index contributed by atoms with van der Waals surface area (Å²) in [6.07, 6.45) is 4.86. The molecule has 2 aliphatic rings. The normalized spacial score (nSPS) is 16.7. The summed E-state index contributed by atoms with van der Waals surface area (Å²) in [5.74, 6) is -0.223. The number of amides is 1. The number of anilines is 1. The number of halogens is 1. The Morgan fingerprint density at radius 3 is 2.54 bits per heavy atom. The minimum atomic E-state index is -0.471. The lowest BCUT2D eigenvalue weighted by Crippen LogP contribution is -2.40. The number of piperidine rings is 1. The molecule has 208 valence electrons. The van der Waals surface area contributed by atoms with E-state index < -0.39 is 5.82 Å². The molecule has 3 heterocycles. The molecule has 0 bridgehead atoms. The van der Waals surface area contributed by atoms with Crippen molar-refractivity contribution in [3.05, 3.63) is 59.0 Å². The second-order valence-electron chi connectivity index (χ2n) is 10.5. The first kappa shape index (κ1) is 27.3. The van der Waals surface area contributed by atoms with Gasteiger partial charge in [-0.1, -0.05) is 0 Å². The summed E-state index contributed by atoms with van der Waals surface area (Å²) < 4.78 is 27.3. The largest absolute Gasteiger partial charge is 0.385 e. The lowest BCUT2D eigenvalue weighted by Gasteiger charge is -2.32. The van der Waals surface area contributed by atoms with Crippen LogP contribution in [0.15, 0.2) is 36.5 Å². The van der Waals surface area contributed by atoms with Crippen LogP contribution in [0, 0.1) is 18.7 Å². The number of likely N-dealkylation sites (tertiary alicyclic amines) is 1. The zero-order valence-electron chi connectivity index (χ0n) is 22.8. The lowest BCUT2D eigenvalue weighted by atomic mass is 9.96. The summed E-state index contributed by atoms with van der Waals surface area (Å²) in [7, 11) is 1.64. The van der Waals surface area contributed by atoms with Crippen molar-refractivity contribution in [2.75, 3.05) is 58.0 Å². The van der Waals surface area contributed by atoms with Crippen LogP contribution in [0.4, 0.5) is 10.1 Å². The number of morpholine rings is 1. The number of carbonyl (C=O) groups is 2. The van der Waals surface area contributed by atoms with Gasteiger partial charge < -0.3 is 19.3 Å². The van der Waals surface area contributed by atoms with Crippen LogP contribution in [0.5, 0.6) is 0 Å². The fraction of sp³-hybridized carbons (Fsp3) is 0.500. The second-order valence-corrected chi connectivity index (χ2v) is 10.5. The molecule has 2 saturated heterocycles. The maximum absolute atomic E-state index is 14.9. The van der Waals surface area contributed by atoms with Gasteiger partial charge in [0, 0.05) is 75.7 Å². The second kappa shape index (κ2) is 12.3. The summed E-state index contributed by atoms with van der Waals surface area (Å²) in [6.45, 7) is 7.18. The van der Waals surface area contributed by atoms with E-state index in [9.17, 15) is 14.0 Å². The smallest absolute Gasteiger partial charge is 0.256 e. The number of carbonyl (C=O) groups excluding carboxylic acids is 2. The number of ketones is 1. The standard InChI is InChI=1S/C30H37FN4O4/c1-21-24(29(36)4-3-15-38-2)7-8-28-26(21)20-35(32-28)19-22-9-11-34(12-10-22)30(37)25-6-5-23(18-27(25)31)33-13-16-39-17-14-33/h5-8,18,20,22H,3-4,9-17,19H2,1-2H3. The fourth-order valence-corrected chi connectivity index (χ4v) is 5.64. The number of aryl methyl sites for hydroxylation is 1. The van der Waals surface area contributed by atoms with Gasteiger partial charge in [-0.15, -0.1) is 0 Å². The average Bonchev–Trinajstić information content (AvgIpc) is 3.37. The quantitative estimate of drug-likeness (QED) is 0.297. The number of rotatable bonds is 9. The van der Waals surface area contributed by atoms with Crippen molar-refractivity contribution in [3.8, 4) is 0 Å². The van der Waals surface area contributed by atoms with Crippen LogP contribution in [-0.4, -0.2) is 79.5 Å². The Morgan fingerprint density at radius 1 is 1.08 bits per heavy atom. The first-order valence-corrected chi connectivity index (χ1v) is 13.8. The number of nitrogens with zero attached hydrogens (tertiary/aromatic N) is 4. The van der Waals surface area contributed by atoms with Gasteiger partial charge in [0.2, 0.25) is 0 Å². The van der Waals surface area contributed by atoms with E-state index in [1.807, 2.05) is 36.0 Å². The third-order valence-electron chi connectivity index (χ3n) is 7.97. The molecule has 2 aromatic carbocycles. The Hall–Kier alpha value is -3.30. The van der Waals surface area contributed by atoms with E-state index >= 15 is 0 Å². The molecule has 9 heteroatoms. The number of hydrogen-bond acceptors (Lipinski definition) is 6. The van der Waals surface area contributed by atoms with E-state index in [4.69, 9.17) is 14.6 Å². The molecular formula is C30H37FN4O4. The summed E-state index contributed by atoms with van der Waals surface area (Å²) in [4.78, 5) is 29.6. The molecule has 0 N–H and O–H groups in total. The molecule has 39 heavy (non-hydrogen) atoms. The highest BCUT2D eigenvalue weighted by molar-refractivity contribution is 6.01. The molecule has 0 saturated carbocycles. The number of hydrogen-bond donors (Lipinski definition) is 0. The summed E-state index contributed by atoms with van der Waals surface area (Å²) in [5, 5.41) is 5.74. The topological polar surface area (TPSA) is 76.9 Å². The molecule has 0 spiro atoms. The predicted molar refractivity (Wildman–Crippen MR) is 148 cm³/mol. The first-order valence-electron chi connectivity index (χ1n) is 13.8. The van der Waals surface area contributed by atoms with Crippen LogP contribution in [0.1, 0.15) is 52.0 Å². The molecule has 3 aromatic rings. The van der Waals surface area contributed by atoms with E-state index in [2.05, 4.69) is 4.90 Å². The van der Waals surface area contributed by atoms with Crippen molar-refractivity contribution in [3.63, 3.8) is 0 Å². The van der Waals surface area contributed by atoms with Gasteiger partial charge in [-0.3, -0.25) is 14.3 Å². The van der Waals surface area contributed by atoms with Crippen molar-refractivity contribution in [1.29, 1.82) is 0 Å². The summed E-state index contributed by atoms with van der Waals surface area (Å²) in [5.41, 5.74) is 3.50. The SMILES string of the molecule is COCCCC(=O)c1ccc2nn(CC3CCN(C(=O)c4ccc(N5CCOCC5)cc4F)CC3)cc2c1C. The zero-order chi connectivity index (χ0) is 27.4. The molecular weight excluding hydrogens is 499 g/mol. The van der Waals surface area contributed by atoms with Gasteiger partial charge in [0.15, 0.2) is 5.78 Å². The molecule has 5 rings (SSSR count). The highest BCUT2D eigenvalue weighted by Crippen LogP contribution is 2.26. The van der Waals surface area contributed by atoms with Gasteiger partial charge >= 0.3 is 0 Å². The maximum atomic E-state index is 14.9. The van der Waals surface area contributed by atoms with Crippen molar-refractivity contribution < 1.29 is 23.5 Å². The van der Waals surface area contributed by atoms with Gasteiger partial charge in [0.1, 0.15) is 5.82 Å². The minimum absolute atomic E-state index is 0.128. The fourth-order valence-electron chi connectivity index (χ4n) is 5.64. The molecule has 2 fully saturated rings. The number of benzene rings is 2. The maximum Gasteiger partial charge on any atom is 0.256 e. The van der Waals surface area contributed by atoms with E-state index in [-0.39, 0.29) is 17.3 Å². The summed E-state index contributed by atoms with van der Waals surface area (Å²) >= 11 is 0. The first-order chi connectivity index (χ1) is 18.9. The number of aromatic nitrogens is 2. The Bertz CT molecular complexity index is 1330. The van der Waals surface area contributed by atoms with Gasteiger partial charge in [-0.25, -0.2) is 4.39 Å². The van der Waals surface area contributed by atoms with Crippen LogP contribution in [0.2, 0.25) is 0 Å². The molecule has 1 amide bonds. The van der Waals surface area contributed by atoms with Crippen molar-refractivity contribution >= 4 is 28.3 Å².